The maximum Gasteiger partial charge on any atom is 0.131 e. The van der Waals surface area contributed by atoms with Gasteiger partial charge in [0.05, 0.1) is 7.11 Å². The summed E-state index contributed by atoms with van der Waals surface area (Å²) < 4.78 is 20.2. The molecule has 0 aromatic heterocycles. The third-order valence-electron chi connectivity index (χ3n) is 5.22. The third-order valence-corrected chi connectivity index (χ3v) is 5.22. The topological polar surface area (TPSA) is 15.7 Å². The molecule has 0 bridgehead atoms. The molecule has 0 unspecified atom stereocenters. The van der Waals surface area contributed by atoms with Gasteiger partial charge in [-0.05, 0) is 36.7 Å². The molecule has 0 amide bonds. The molecule has 140 valence electrons. The normalized spacial score (nSPS) is 15.3. The molecule has 0 spiro atoms. The molecule has 0 saturated carbocycles. The zero-order valence-electron chi connectivity index (χ0n) is 16.1. The fourth-order valence-corrected chi connectivity index (χ4v) is 3.75. The highest BCUT2D eigenvalue weighted by Crippen LogP contribution is 2.39. The Morgan fingerprint density at radius 2 is 1.73 bits per heavy atom. The van der Waals surface area contributed by atoms with Crippen molar-refractivity contribution >= 4 is 5.69 Å². The van der Waals surface area contributed by atoms with Gasteiger partial charge in [-0.1, -0.05) is 38.5 Å². The van der Waals surface area contributed by atoms with E-state index in [0.29, 0.717) is 5.56 Å². The van der Waals surface area contributed by atoms with Crippen LogP contribution in [0.3, 0.4) is 0 Å². The molecule has 3 nitrogen and oxygen atoms in total. The van der Waals surface area contributed by atoms with Gasteiger partial charge >= 0.3 is 0 Å². The van der Waals surface area contributed by atoms with Crippen molar-refractivity contribution in [2.45, 2.75) is 26.7 Å². The number of nitrogens with zero attached hydrogens (tertiary/aromatic N) is 2. The third kappa shape index (κ3) is 3.85. The molecule has 2 aromatic carbocycles. The second-order valence-electron chi connectivity index (χ2n) is 6.84. The van der Waals surface area contributed by atoms with Crippen LogP contribution in [0.2, 0.25) is 0 Å². The Balaban J connectivity index is 2.05. The standard InChI is InChI=1S/C22H29FN2O/c1-4-8-17-15-18(25-13-11-24(5-2)12-14-25)16-20(22(17)26-3)19-9-6-7-10-21(19)23/h6-7,9-10,15-16H,4-5,8,11-14H2,1-3H3. The van der Waals surface area contributed by atoms with Crippen molar-refractivity contribution in [1.29, 1.82) is 0 Å². The highest BCUT2D eigenvalue weighted by atomic mass is 19.1. The minimum Gasteiger partial charge on any atom is -0.496 e. The molecular weight excluding hydrogens is 327 g/mol. The van der Waals surface area contributed by atoms with E-state index in [2.05, 4.69) is 35.8 Å². The summed E-state index contributed by atoms with van der Waals surface area (Å²) in [5, 5.41) is 0. The molecule has 0 N–H and O–H groups in total. The minimum atomic E-state index is -0.207. The molecule has 0 atom stereocenters. The number of anilines is 1. The molecule has 0 aliphatic carbocycles. The Labute approximate surface area is 156 Å². The molecule has 1 heterocycles. The molecule has 1 aliphatic rings. The number of aryl methyl sites for hydroxylation is 1. The van der Waals surface area contributed by atoms with E-state index in [1.54, 1.807) is 13.2 Å². The molecule has 1 fully saturated rings. The predicted octanol–water partition coefficient (Wildman–Crippen LogP) is 4.60. The van der Waals surface area contributed by atoms with E-state index in [1.807, 2.05) is 12.1 Å². The Morgan fingerprint density at radius 1 is 1.00 bits per heavy atom. The first-order chi connectivity index (χ1) is 12.7. The second kappa shape index (κ2) is 8.54. The molecule has 2 aromatic rings. The lowest BCUT2D eigenvalue weighted by molar-refractivity contribution is 0.271. The Kier molecular flexibility index (Phi) is 6.15. The largest absolute Gasteiger partial charge is 0.496 e. The van der Waals surface area contributed by atoms with E-state index in [1.165, 1.54) is 11.8 Å². The minimum absolute atomic E-state index is 0.207. The average Bonchev–Trinajstić information content (AvgIpc) is 2.68. The maximum atomic E-state index is 14.5. The smallest absolute Gasteiger partial charge is 0.131 e. The fourth-order valence-electron chi connectivity index (χ4n) is 3.75. The molecular formula is C22H29FN2O. The van der Waals surface area contributed by atoms with Gasteiger partial charge in [0.15, 0.2) is 0 Å². The number of hydrogen-bond donors (Lipinski definition) is 0. The summed E-state index contributed by atoms with van der Waals surface area (Å²) in [6.07, 6.45) is 1.95. The SMILES string of the molecule is CCCc1cc(N2CCN(CC)CC2)cc(-c2ccccc2F)c1OC. The van der Waals surface area contributed by atoms with Crippen LogP contribution in [0.4, 0.5) is 10.1 Å². The molecule has 26 heavy (non-hydrogen) atoms. The Morgan fingerprint density at radius 3 is 2.35 bits per heavy atom. The van der Waals surface area contributed by atoms with Crippen LogP contribution in [0, 0.1) is 5.82 Å². The molecule has 1 saturated heterocycles. The summed E-state index contributed by atoms with van der Waals surface area (Å²) in [4.78, 5) is 4.87. The van der Waals surface area contributed by atoms with Gasteiger partial charge < -0.3 is 14.5 Å². The van der Waals surface area contributed by atoms with Gasteiger partial charge in [0.25, 0.3) is 0 Å². The lowest BCUT2D eigenvalue weighted by Crippen LogP contribution is -2.46. The summed E-state index contributed by atoms with van der Waals surface area (Å²) in [7, 11) is 1.68. The monoisotopic (exact) mass is 356 g/mol. The Hall–Kier alpha value is -2.07. The van der Waals surface area contributed by atoms with Crippen molar-refractivity contribution < 1.29 is 9.13 Å². The van der Waals surface area contributed by atoms with E-state index >= 15 is 0 Å². The number of likely N-dealkylation sites (N-methyl/N-ethyl adjacent to an activating group) is 1. The summed E-state index contributed by atoms with van der Waals surface area (Å²) in [6, 6.07) is 11.3. The maximum absolute atomic E-state index is 14.5. The van der Waals surface area contributed by atoms with Crippen molar-refractivity contribution in [1.82, 2.24) is 4.90 Å². The summed E-state index contributed by atoms with van der Waals surface area (Å²) >= 11 is 0. The van der Waals surface area contributed by atoms with Gasteiger partial charge in [-0.25, -0.2) is 4.39 Å². The Bertz CT molecular complexity index is 739. The van der Waals surface area contributed by atoms with Crippen molar-refractivity contribution in [2.24, 2.45) is 0 Å². The van der Waals surface area contributed by atoms with Crippen molar-refractivity contribution in [3.63, 3.8) is 0 Å². The van der Waals surface area contributed by atoms with Gasteiger partial charge in [0, 0.05) is 43.0 Å². The quantitative estimate of drug-likeness (QED) is 0.752. The van der Waals surface area contributed by atoms with Crippen molar-refractivity contribution in [3.8, 4) is 16.9 Å². The molecule has 4 heteroatoms. The number of halogens is 1. The number of rotatable bonds is 6. The van der Waals surface area contributed by atoms with Crippen LogP contribution in [0.15, 0.2) is 36.4 Å². The van der Waals surface area contributed by atoms with Gasteiger partial charge in [-0.2, -0.15) is 0 Å². The first kappa shape index (κ1) is 18.7. The van der Waals surface area contributed by atoms with Crippen molar-refractivity contribution in [2.75, 3.05) is 44.7 Å². The fraction of sp³-hybridized carbons (Fsp3) is 0.455. The zero-order valence-corrected chi connectivity index (χ0v) is 16.1. The lowest BCUT2D eigenvalue weighted by atomic mass is 9.97. The number of ether oxygens (including phenoxy) is 1. The summed E-state index contributed by atoms with van der Waals surface area (Å²) in [6.45, 7) is 9.61. The van der Waals surface area contributed by atoms with Gasteiger partial charge in [-0.3, -0.25) is 0 Å². The van der Waals surface area contributed by atoms with Gasteiger partial charge in [-0.15, -0.1) is 0 Å². The summed E-state index contributed by atoms with van der Waals surface area (Å²) in [5.74, 6) is 0.592. The highest BCUT2D eigenvalue weighted by Gasteiger charge is 2.21. The number of hydrogen-bond acceptors (Lipinski definition) is 3. The number of benzene rings is 2. The number of methoxy groups -OCH3 is 1. The van der Waals surface area contributed by atoms with Crippen molar-refractivity contribution in [3.05, 3.63) is 47.8 Å². The van der Waals surface area contributed by atoms with Gasteiger partial charge in [0.2, 0.25) is 0 Å². The van der Waals surface area contributed by atoms with Crippen LogP contribution >= 0.6 is 0 Å². The van der Waals surface area contributed by atoms with Crippen LogP contribution < -0.4 is 9.64 Å². The highest BCUT2D eigenvalue weighted by molar-refractivity contribution is 5.77. The van der Waals surface area contributed by atoms with Crippen LogP contribution in [-0.2, 0) is 6.42 Å². The van der Waals surface area contributed by atoms with E-state index in [4.69, 9.17) is 4.74 Å². The summed E-state index contributed by atoms with van der Waals surface area (Å²) in [5.41, 5.74) is 3.78. The van der Waals surface area contributed by atoms with E-state index < -0.39 is 0 Å². The zero-order chi connectivity index (χ0) is 18.5. The molecule has 0 radical (unpaired) electrons. The van der Waals surface area contributed by atoms with Crippen LogP contribution in [0.1, 0.15) is 25.8 Å². The first-order valence-corrected chi connectivity index (χ1v) is 9.61. The van der Waals surface area contributed by atoms with Crippen LogP contribution in [0.25, 0.3) is 11.1 Å². The van der Waals surface area contributed by atoms with Crippen LogP contribution in [0.5, 0.6) is 5.75 Å². The number of piperazine rings is 1. The average molecular weight is 356 g/mol. The van der Waals surface area contributed by atoms with E-state index in [0.717, 1.165) is 62.4 Å². The van der Waals surface area contributed by atoms with E-state index in [9.17, 15) is 4.39 Å². The van der Waals surface area contributed by atoms with Gasteiger partial charge in [0.1, 0.15) is 11.6 Å². The predicted molar refractivity (Wildman–Crippen MR) is 107 cm³/mol. The van der Waals surface area contributed by atoms with Crippen LogP contribution in [-0.4, -0.2) is 44.7 Å². The first-order valence-electron chi connectivity index (χ1n) is 9.61. The second-order valence-corrected chi connectivity index (χ2v) is 6.84. The van der Waals surface area contributed by atoms with E-state index in [-0.39, 0.29) is 5.82 Å². The molecule has 1 aliphatic heterocycles. The lowest BCUT2D eigenvalue weighted by Gasteiger charge is -2.36. The molecule has 3 rings (SSSR count).